The van der Waals surface area contributed by atoms with Gasteiger partial charge in [0.05, 0.1) is 12.2 Å². The van der Waals surface area contributed by atoms with Gasteiger partial charge in [-0.1, -0.05) is 37.3 Å². The van der Waals surface area contributed by atoms with E-state index < -0.39 is 17.6 Å². The molecule has 3 heteroatoms. The summed E-state index contributed by atoms with van der Waals surface area (Å²) in [5.74, 6) is 0.396. The number of aliphatic hydroxyl groups excluding tert-OH is 2. The molecule has 0 amide bonds. The van der Waals surface area contributed by atoms with E-state index in [9.17, 15) is 15.0 Å². The smallest absolute Gasteiger partial charge is 0.139 e. The molecule has 2 rings (SSSR count). The molecule has 2 aliphatic rings. The molecule has 3 nitrogen and oxygen atoms in total. The highest BCUT2D eigenvalue weighted by molar-refractivity contribution is 5.88. The van der Waals surface area contributed by atoms with Crippen molar-refractivity contribution in [2.45, 2.75) is 65.1 Å². The molecule has 23 heavy (non-hydrogen) atoms. The van der Waals surface area contributed by atoms with E-state index in [4.69, 9.17) is 0 Å². The molecule has 2 N–H and O–H groups in total. The van der Waals surface area contributed by atoms with Gasteiger partial charge in [0.15, 0.2) is 0 Å². The number of allylic oxidation sites excluding steroid dienone is 3. The van der Waals surface area contributed by atoms with Crippen LogP contribution in [0.3, 0.4) is 0 Å². The van der Waals surface area contributed by atoms with Gasteiger partial charge in [-0.05, 0) is 56.9 Å². The van der Waals surface area contributed by atoms with Gasteiger partial charge >= 0.3 is 0 Å². The van der Waals surface area contributed by atoms with Crippen molar-refractivity contribution in [2.75, 3.05) is 0 Å². The van der Waals surface area contributed by atoms with Crippen molar-refractivity contribution in [3.63, 3.8) is 0 Å². The van der Waals surface area contributed by atoms with Crippen LogP contribution in [-0.2, 0) is 4.79 Å². The number of ketones is 1. The first kappa shape index (κ1) is 18.2. The number of rotatable bonds is 1. The van der Waals surface area contributed by atoms with Crippen LogP contribution in [0, 0.1) is 17.3 Å². The summed E-state index contributed by atoms with van der Waals surface area (Å²) >= 11 is 0. The molecule has 0 spiro atoms. The zero-order valence-electron chi connectivity index (χ0n) is 14.6. The minimum atomic E-state index is -0.777. The SMILES string of the molecule is C=C(C)[C@H]1CC(=O)[C@]2(C)C/C=C(\C)CC[C@H](O)C(=C)[C@H](O)C[C@@H]12. The number of aliphatic hydroxyl groups is 2. The summed E-state index contributed by atoms with van der Waals surface area (Å²) in [5.41, 5.74) is 2.18. The standard InChI is InChI=1S/C20H30O3/c1-12(2)15-10-19(23)20(5)9-8-13(3)6-7-17(21)14(4)18(22)11-16(15)20/h8,15-18,21-22H,1,4,6-7,9-11H2,2-3,5H3/b13-8+/t15-,16+,17+,18-,20-/m1/s1. The molecule has 128 valence electrons. The largest absolute Gasteiger partial charge is 0.389 e. The highest BCUT2D eigenvalue weighted by Gasteiger charge is 2.51. The van der Waals surface area contributed by atoms with E-state index in [-0.39, 0.29) is 17.6 Å². The van der Waals surface area contributed by atoms with Crippen LogP contribution in [0.5, 0.6) is 0 Å². The molecule has 0 aromatic rings. The second-order valence-corrected chi connectivity index (χ2v) is 7.74. The predicted octanol–water partition coefficient (Wildman–Crippen LogP) is 3.57. The van der Waals surface area contributed by atoms with E-state index in [1.165, 1.54) is 5.57 Å². The Bertz CT molecular complexity index is 545. The van der Waals surface area contributed by atoms with Crippen LogP contribution in [0.4, 0.5) is 0 Å². The van der Waals surface area contributed by atoms with Crippen molar-refractivity contribution in [1.29, 1.82) is 0 Å². The molecule has 2 aliphatic carbocycles. The van der Waals surface area contributed by atoms with Crippen molar-refractivity contribution in [2.24, 2.45) is 17.3 Å². The Hall–Kier alpha value is -1.19. The van der Waals surface area contributed by atoms with Crippen molar-refractivity contribution < 1.29 is 15.0 Å². The number of Topliss-reactive ketones (excluding diaryl/α,β-unsaturated/α-hetero) is 1. The molecule has 0 radical (unpaired) electrons. The van der Waals surface area contributed by atoms with Crippen LogP contribution in [0.2, 0.25) is 0 Å². The Morgan fingerprint density at radius 1 is 1.35 bits per heavy atom. The molecule has 0 saturated heterocycles. The average molecular weight is 318 g/mol. The van der Waals surface area contributed by atoms with Crippen molar-refractivity contribution >= 4 is 5.78 Å². The predicted molar refractivity (Wildman–Crippen MR) is 92.9 cm³/mol. The van der Waals surface area contributed by atoms with Crippen LogP contribution >= 0.6 is 0 Å². The minimum Gasteiger partial charge on any atom is -0.389 e. The van der Waals surface area contributed by atoms with Crippen LogP contribution < -0.4 is 0 Å². The summed E-state index contributed by atoms with van der Waals surface area (Å²) in [5, 5.41) is 20.8. The maximum absolute atomic E-state index is 12.7. The van der Waals surface area contributed by atoms with Gasteiger partial charge < -0.3 is 10.2 Å². The van der Waals surface area contributed by atoms with Crippen molar-refractivity contribution in [3.05, 3.63) is 36.0 Å². The van der Waals surface area contributed by atoms with Gasteiger partial charge in [0.25, 0.3) is 0 Å². The molecule has 0 aliphatic heterocycles. The Kier molecular flexibility index (Phi) is 5.32. The normalized spacial score (nSPS) is 41.7. The van der Waals surface area contributed by atoms with E-state index in [1.54, 1.807) is 0 Å². The summed E-state index contributed by atoms with van der Waals surface area (Å²) < 4.78 is 0. The monoisotopic (exact) mass is 318 g/mol. The fourth-order valence-corrected chi connectivity index (χ4v) is 4.09. The lowest BCUT2D eigenvalue weighted by atomic mass is 9.70. The third kappa shape index (κ3) is 3.51. The number of hydrogen-bond acceptors (Lipinski definition) is 3. The van der Waals surface area contributed by atoms with Crippen molar-refractivity contribution in [3.8, 4) is 0 Å². The lowest BCUT2D eigenvalue weighted by Gasteiger charge is -2.34. The fourth-order valence-electron chi connectivity index (χ4n) is 4.09. The minimum absolute atomic E-state index is 0.0357. The molecule has 5 atom stereocenters. The Morgan fingerprint density at radius 3 is 2.61 bits per heavy atom. The van der Waals surface area contributed by atoms with Gasteiger partial charge in [-0.2, -0.15) is 0 Å². The average Bonchev–Trinajstić information content (AvgIpc) is 2.74. The highest BCUT2D eigenvalue weighted by Crippen LogP contribution is 2.52. The van der Waals surface area contributed by atoms with E-state index in [0.29, 0.717) is 31.3 Å². The molecule has 0 aromatic heterocycles. The van der Waals surface area contributed by atoms with Crippen LogP contribution in [0.1, 0.15) is 52.9 Å². The maximum Gasteiger partial charge on any atom is 0.139 e. The van der Waals surface area contributed by atoms with E-state index in [1.807, 2.05) is 20.8 Å². The second kappa shape index (κ2) is 6.74. The van der Waals surface area contributed by atoms with Gasteiger partial charge in [-0.25, -0.2) is 0 Å². The molecule has 0 heterocycles. The Labute approximate surface area is 139 Å². The zero-order chi connectivity index (χ0) is 17.4. The first-order valence-corrected chi connectivity index (χ1v) is 8.56. The number of hydrogen-bond donors (Lipinski definition) is 2. The second-order valence-electron chi connectivity index (χ2n) is 7.74. The highest BCUT2D eigenvalue weighted by atomic mass is 16.3. The van der Waals surface area contributed by atoms with Gasteiger partial charge in [0.2, 0.25) is 0 Å². The zero-order valence-corrected chi connectivity index (χ0v) is 14.6. The Morgan fingerprint density at radius 2 is 2.00 bits per heavy atom. The summed E-state index contributed by atoms with van der Waals surface area (Å²) in [6.07, 6.45) is 3.65. The molecule has 0 aromatic carbocycles. The van der Waals surface area contributed by atoms with Gasteiger partial charge in [0, 0.05) is 11.8 Å². The lowest BCUT2D eigenvalue weighted by Crippen LogP contribution is -2.34. The number of carbonyl (C=O) groups excluding carboxylic acids is 1. The number of carbonyl (C=O) groups is 1. The summed E-state index contributed by atoms with van der Waals surface area (Å²) in [7, 11) is 0. The first-order chi connectivity index (χ1) is 10.7. The first-order valence-electron chi connectivity index (χ1n) is 8.56. The summed E-state index contributed by atoms with van der Waals surface area (Å²) in [4.78, 5) is 12.7. The van der Waals surface area contributed by atoms with Gasteiger partial charge in [-0.15, -0.1) is 0 Å². The Balaban J connectivity index is 2.42. The third-order valence-electron chi connectivity index (χ3n) is 6.00. The lowest BCUT2D eigenvalue weighted by molar-refractivity contribution is -0.126. The van der Waals surface area contributed by atoms with Crippen molar-refractivity contribution in [1.82, 2.24) is 0 Å². The summed E-state index contributed by atoms with van der Waals surface area (Å²) in [6, 6.07) is 0. The van der Waals surface area contributed by atoms with Crippen LogP contribution in [-0.4, -0.2) is 28.2 Å². The maximum atomic E-state index is 12.7. The molecular formula is C20H30O3. The molecule has 0 unspecified atom stereocenters. The van der Waals surface area contributed by atoms with Crippen LogP contribution in [0.25, 0.3) is 0 Å². The molecule has 1 fully saturated rings. The molecular weight excluding hydrogens is 288 g/mol. The molecule has 1 saturated carbocycles. The van der Waals surface area contributed by atoms with E-state index >= 15 is 0 Å². The molecule has 0 bridgehead atoms. The third-order valence-corrected chi connectivity index (χ3v) is 6.00. The van der Waals surface area contributed by atoms with Gasteiger partial charge in [0.1, 0.15) is 5.78 Å². The van der Waals surface area contributed by atoms with E-state index in [0.717, 1.165) is 12.0 Å². The quantitative estimate of drug-likeness (QED) is 0.727. The number of fused-ring (bicyclic) bond motifs is 1. The van der Waals surface area contributed by atoms with Gasteiger partial charge in [-0.3, -0.25) is 4.79 Å². The van der Waals surface area contributed by atoms with E-state index in [2.05, 4.69) is 19.2 Å². The fraction of sp³-hybridized carbons (Fsp3) is 0.650. The van der Waals surface area contributed by atoms with Crippen LogP contribution in [0.15, 0.2) is 36.0 Å². The topological polar surface area (TPSA) is 57.5 Å². The summed E-state index contributed by atoms with van der Waals surface area (Å²) in [6.45, 7) is 14.0.